The maximum Gasteiger partial charge on any atom is 0.243 e. The third kappa shape index (κ3) is 2.74. The Bertz CT molecular complexity index is 509. The Morgan fingerprint density at radius 3 is 2.56 bits per heavy atom. The Kier molecular flexibility index (Phi) is 4.04. The zero-order chi connectivity index (χ0) is 13.2. The number of hydrogen-bond acceptors (Lipinski definition) is 3. The van der Waals surface area contributed by atoms with E-state index >= 15 is 0 Å². The molecule has 1 aliphatic carbocycles. The lowest BCUT2D eigenvalue weighted by atomic mass is 10.2. The topological polar surface area (TPSA) is 46.6 Å². The Morgan fingerprint density at radius 2 is 2.00 bits per heavy atom. The molecule has 0 spiro atoms. The summed E-state index contributed by atoms with van der Waals surface area (Å²) in [6, 6.07) is 7.28. The minimum atomic E-state index is -3.39. The summed E-state index contributed by atoms with van der Waals surface area (Å²) in [5.74, 6) is 0. The first-order valence-corrected chi connectivity index (χ1v) is 7.58. The molecule has 1 aromatic rings. The van der Waals surface area contributed by atoms with Gasteiger partial charge in [0.05, 0.1) is 11.5 Å². The molecule has 4 nitrogen and oxygen atoms in total. The van der Waals surface area contributed by atoms with Crippen molar-refractivity contribution >= 4 is 10.0 Å². The molecular formula is C13H19NO3S. The van der Waals surface area contributed by atoms with Crippen molar-refractivity contribution in [1.82, 2.24) is 4.31 Å². The monoisotopic (exact) mass is 269 g/mol. The van der Waals surface area contributed by atoms with E-state index in [2.05, 4.69) is 0 Å². The second kappa shape index (κ2) is 5.38. The molecular weight excluding hydrogens is 250 g/mol. The number of rotatable bonds is 6. The molecule has 0 unspecified atom stereocenters. The summed E-state index contributed by atoms with van der Waals surface area (Å²) in [5.41, 5.74) is 0.792. The molecule has 0 amide bonds. The van der Waals surface area contributed by atoms with Gasteiger partial charge in [-0.1, -0.05) is 18.2 Å². The Morgan fingerprint density at radius 1 is 1.33 bits per heavy atom. The van der Waals surface area contributed by atoms with Crippen molar-refractivity contribution in [2.24, 2.45) is 0 Å². The molecule has 0 heterocycles. The molecule has 1 aromatic carbocycles. The van der Waals surface area contributed by atoms with Crippen LogP contribution in [0.2, 0.25) is 0 Å². The van der Waals surface area contributed by atoms with E-state index in [-0.39, 0.29) is 6.04 Å². The van der Waals surface area contributed by atoms with Gasteiger partial charge in [-0.2, -0.15) is 4.31 Å². The molecule has 18 heavy (non-hydrogen) atoms. The average Bonchev–Trinajstić information content (AvgIpc) is 3.14. The molecule has 5 heteroatoms. The third-order valence-corrected chi connectivity index (χ3v) is 5.26. The summed E-state index contributed by atoms with van der Waals surface area (Å²) in [6.07, 6.45) is 1.91. The number of methoxy groups -OCH3 is 1. The number of benzene rings is 1. The second-order valence-corrected chi connectivity index (χ2v) is 6.46. The highest BCUT2D eigenvalue weighted by atomic mass is 32.2. The molecule has 100 valence electrons. The summed E-state index contributed by atoms with van der Waals surface area (Å²) < 4.78 is 31.8. The molecule has 0 aromatic heterocycles. The molecule has 1 fully saturated rings. The highest BCUT2D eigenvalue weighted by molar-refractivity contribution is 7.89. The molecule has 0 N–H and O–H groups in total. The predicted molar refractivity (Wildman–Crippen MR) is 70.0 cm³/mol. The average molecular weight is 269 g/mol. The molecule has 1 aliphatic rings. The lowest BCUT2D eigenvalue weighted by Crippen LogP contribution is -2.36. The first-order valence-electron chi connectivity index (χ1n) is 6.14. The van der Waals surface area contributed by atoms with Crippen molar-refractivity contribution in [2.45, 2.75) is 30.7 Å². The van der Waals surface area contributed by atoms with Crippen LogP contribution >= 0.6 is 0 Å². The van der Waals surface area contributed by atoms with Crippen LogP contribution in [0, 0.1) is 6.92 Å². The van der Waals surface area contributed by atoms with Gasteiger partial charge in [-0.3, -0.25) is 0 Å². The fourth-order valence-electron chi connectivity index (χ4n) is 2.01. The van der Waals surface area contributed by atoms with Crippen LogP contribution in [0.25, 0.3) is 0 Å². The zero-order valence-corrected chi connectivity index (χ0v) is 11.6. The standard InChI is InChI=1S/C13H19NO3S/c1-11-5-3-4-6-13(11)18(15,16)14(9-10-17-2)12-7-8-12/h3-6,12H,7-10H2,1-2H3. The smallest absolute Gasteiger partial charge is 0.243 e. The second-order valence-electron chi connectivity index (χ2n) is 4.61. The highest BCUT2D eigenvalue weighted by Crippen LogP contribution is 2.32. The van der Waals surface area contributed by atoms with E-state index in [9.17, 15) is 8.42 Å². The van der Waals surface area contributed by atoms with Crippen molar-refractivity contribution in [3.05, 3.63) is 29.8 Å². The largest absolute Gasteiger partial charge is 0.383 e. The first kappa shape index (κ1) is 13.5. The van der Waals surface area contributed by atoms with Crippen molar-refractivity contribution in [3.8, 4) is 0 Å². The Labute approximate surface area is 109 Å². The van der Waals surface area contributed by atoms with E-state index in [0.29, 0.717) is 18.0 Å². The lowest BCUT2D eigenvalue weighted by molar-refractivity contribution is 0.177. The van der Waals surface area contributed by atoms with Gasteiger partial charge in [0.25, 0.3) is 0 Å². The van der Waals surface area contributed by atoms with E-state index in [1.165, 1.54) is 0 Å². The highest BCUT2D eigenvalue weighted by Gasteiger charge is 2.38. The van der Waals surface area contributed by atoms with Crippen LogP contribution in [-0.2, 0) is 14.8 Å². The summed E-state index contributed by atoms with van der Waals surface area (Å²) >= 11 is 0. The molecule has 0 atom stereocenters. The Hall–Kier alpha value is -0.910. The van der Waals surface area contributed by atoms with Gasteiger partial charge in [-0.15, -0.1) is 0 Å². The van der Waals surface area contributed by atoms with Crippen LogP contribution in [0.5, 0.6) is 0 Å². The van der Waals surface area contributed by atoms with Gasteiger partial charge in [0.2, 0.25) is 10.0 Å². The molecule has 0 bridgehead atoms. The predicted octanol–water partition coefficient (Wildman–Crippen LogP) is 1.79. The maximum atomic E-state index is 12.6. The maximum absolute atomic E-state index is 12.6. The van der Waals surface area contributed by atoms with E-state index in [1.54, 1.807) is 23.5 Å². The van der Waals surface area contributed by atoms with Crippen molar-refractivity contribution in [1.29, 1.82) is 0 Å². The quantitative estimate of drug-likeness (QED) is 0.791. The van der Waals surface area contributed by atoms with Crippen LogP contribution in [0.3, 0.4) is 0 Å². The normalized spacial score (nSPS) is 16.2. The van der Waals surface area contributed by atoms with Crippen molar-refractivity contribution in [2.75, 3.05) is 20.3 Å². The van der Waals surface area contributed by atoms with Gasteiger partial charge in [0, 0.05) is 19.7 Å². The van der Waals surface area contributed by atoms with E-state index in [1.807, 2.05) is 19.1 Å². The third-order valence-electron chi connectivity index (χ3n) is 3.15. The van der Waals surface area contributed by atoms with E-state index < -0.39 is 10.0 Å². The minimum absolute atomic E-state index is 0.157. The van der Waals surface area contributed by atoms with Crippen molar-refractivity contribution in [3.63, 3.8) is 0 Å². The summed E-state index contributed by atoms with van der Waals surface area (Å²) in [7, 11) is -1.80. The molecule has 0 aliphatic heterocycles. The minimum Gasteiger partial charge on any atom is -0.383 e. The fourth-order valence-corrected chi connectivity index (χ4v) is 3.91. The van der Waals surface area contributed by atoms with E-state index in [0.717, 1.165) is 18.4 Å². The van der Waals surface area contributed by atoms with Crippen LogP contribution < -0.4 is 0 Å². The first-order chi connectivity index (χ1) is 8.57. The van der Waals surface area contributed by atoms with Gasteiger partial charge in [-0.05, 0) is 31.4 Å². The molecule has 0 radical (unpaired) electrons. The van der Waals surface area contributed by atoms with Crippen LogP contribution in [0.4, 0.5) is 0 Å². The Balaban J connectivity index is 2.30. The summed E-state index contributed by atoms with van der Waals surface area (Å²) in [5, 5.41) is 0. The summed E-state index contributed by atoms with van der Waals surface area (Å²) in [4.78, 5) is 0.410. The van der Waals surface area contributed by atoms with Crippen LogP contribution in [0.1, 0.15) is 18.4 Å². The van der Waals surface area contributed by atoms with Crippen LogP contribution in [0.15, 0.2) is 29.2 Å². The molecule has 1 saturated carbocycles. The number of hydrogen-bond donors (Lipinski definition) is 0. The molecule has 2 rings (SSSR count). The van der Waals surface area contributed by atoms with Gasteiger partial charge in [0.1, 0.15) is 0 Å². The van der Waals surface area contributed by atoms with Gasteiger partial charge in [0.15, 0.2) is 0 Å². The number of aryl methyl sites for hydroxylation is 1. The SMILES string of the molecule is COCCN(C1CC1)S(=O)(=O)c1ccccc1C. The number of nitrogens with zero attached hydrogens (tertiary/aromatic N) is 1. The zero-order valence-electron chi connectivity index (χ0n) is 10.8. The lowest BCUT2D eigenvalue weighted by Gasteiger charge is -2.22. The van der Waals surface area contributed by atoms with Crippen molar-refractivity contribution < 1.29 is 13.2 Å². The fraction of sp³-hybridized carbons (Fsp3) is 0.538. The van der Waals surface area contributed by atoms with E-state index in [4.69, 9.17) is 4.74 Å². The van der Waals surface area contributed by atoms with Crippen LogP contribution in [-0.4, -0.2) is 39.0 Å². The number of ether oxygens (including phenoxy) is 1. The van der Waals surface area contributed by atoms with Gasteiger partial charge in [-0.25, -0.2) is 8.42 Å². The summed E-state index contributed by atoms with van der Waals surface area (Å²) in [6.45, 7) is 2.69. The molecule has 0 saturated heterocycles. The number of sulfonamides is 1. The van der Waals surface area contributed by atoms with Gasteiger partial charge >= 0.3 is 0 Å². The van der Waals surface area contributed by atoms with Gasteiger partial charge < -0.3 is 4.74 Å².